The molecular weight excluding hydrogens is 323 g/mol. The van der Waals surface area contributed by atoms with Gasteiger partial charge < -0.3 is 9.84 Å². The minimum Gasteiger partial charge on any atom is -0.493 e. The Kier molecular flexibility index (Phi) is 4.78. The van der Waals surface area contributed by atoms with E-state index in [1.807, 2.05) is 26.0 Å². The summed E-state index contributed by atoms with van der Waals surface area (Å²) in [6, 6.07) is 10.0. The van der Waals surface area contributed by atoms with Gasteiger partial charge in [-0.05, 0) is 44.2 Å². The van der Waals surface area contributed by atoms with E-state index in [-0.39, 0.29) is 5.56 Å². The van der Waals surface area contributed by atoms with E-state index < -0.39 is 11.9 Å². The molecule has 1 unspecified atom stereocenters. The van der Waals surface area contributed by atoms with Crippen LogP contribution in [-0.4, -0.2) is 11.7 Å². The summed E-state index contributed by atoms with van der Waals surface area (Å²) in [4.78, 5) is 0. The molecule has 0 aliphatic heterocycles. The van der Waals surface area contributed by atoms with E-state index in [9.17, 15) is 9.50 Å². The largest absolute Gasteiger partial charge is 0.493 e. The van der Waals surface area contributed by atoms with Gasteiger partial charge in [0.2, 0.25) is 0 Å². The zero-order chi connectivity index (χ0) is 14.7. The van der Waals surface area contributed by atoms with Crippen LogP contribution < -0.4 is 4.74 Å². The van der Waals surface area contributed by atoms with Crippen LogP contribution in [0.4, 0.5) is 4.39 Å². The lowest BCUT2D eigenvalue weighted by molar-refractivity contribution is 0.207. The normalized spacial score (nSPS) is 12.2. The van der Waals surface area contributed by atoms with Crippen LogP contribution in [0.2, 0.25) is 0 Å². The van der Waals surface area contributed by atoms with Crippen molar-refractivity contribution in [3.8, 4) is 5.75 Å². The summed E-state index contributed by atoms with van der Waals surface area (Å²) in [7, 11) is 0. The van der Waals surface area contributed by atoms with Gasteiger partial charge in [0.15, 0.2) is 0 Å². The van der Waals surface area contributed by atoms with Crippen molar-refractivity contribution in [2.45, 2.75) is 20.0 Å². The van der Waals surface area contributed by atoms with Crippen LogP contribution in [0, 0.1) is 12.7 Å². The molecule has 1 N–H and O–H groups in total. The van der Waals surface area contributed by atoms with Gasteiger partial charge in [0.1, 0.15) is 17.7 Å². The van der Waals surface area contributed by atoms with Crippen LogP contribution in [-0.2, 0) is 0 Å². The van der Waals surface area contributed by atoms with Gasteiger partial charge in [-0.2, -0.15) is 0 Å². The van der Waals surface area contributed by atoms with Crippen LogP contribution in [0.1, 0.15) is 29.7 Å². The second-order valence-corrected chi connectivity index (χ2v) is 5.46. The van der Waals surface area contributed by atoms with Crippen molar-refractivity contribution in [1.29, 1.82) is 0 Å². The molecule has 2 rings (SSSR count). The lowest BCUT2D eigenvalue weighted by atomic mass is 9.98. The first-order valence-electron chi connectivity index (χ1n) is 6.39. The number of halogens is 2. The van der Waals surface area contributed by atoms with Gasteiger partial charge in [0.05, 0.1) is 6.61 Å². The van der Waals surface area contributed by atoms with Gasteiger partial charge in [0, 0.05) is 15.6 Å². The first kappa shape index (κ1) is 15.0. The molecule has 0 aliphatic carbocycles. The quantitative estimate of drug-likeness (QED) is 0.896. The lowest BCUT2D eigenvalue weighted by Crippen LogP contribution is -2.06. The maximum absolute atomic E-state index is 13.9. The molecule has 2 aromatic carbocycles. The third-order valence-electron chi connectivity index (χ3n) is 3.01. The van der Waals surface area contributed by atoms with Crippen molar-refractivity contribution < 1.29 is 14.2 Å². The number of hydrogen-bond acceptors (Lipinski definition) is 2. The molecule has 0 radical (unpaired) electrons. The first-order chi connectivity index (χ1) is 9.52. The number of aryl methyl sites for hydroxylation is 1. The Bertz CT molecular complexity index is 613. The minimum absolute atomic E-state index is 0.228. The Morgan fingerprint density at radius 2 is 1.95 bits per heavy atom. The number of aliphatic hydroxyl groups is 1. The summed E-state index contributed by atoms with van der Waals surface area (Å²) in [5.41, 5.74) is 1.78. The lowest BCUT2D eigenvalue weighted by Gasteiger charge is -2.17. The van der Waals surface area contributed by atoms with Gasteiger partial charge in [0.25, 0.3) is 0 Å². The van der Waals surface area contributed by atoms with Gasteiger partial charge in [-0.3, -0.25) is 0 Å². The van der Waals surface area contributed by atoms with Crippen molar-refractivity contribution in [2.24, 2.45) is 0 Å². The average Bonchev–Trinajstić information content (AvgIpc) is 2.43. The molecule has 1 atom stereocenters. The number of rotatable bonds is 4. The molecule has 0 bridgehead atoms. The summed E-state index contributed by atoms with van der Waals surface area (Å²) in [5.74, 6) is 0.134. The van der Waals surface area contributed by atoms with E-state index in [1.54, 1.807) is 18.2 Å². The fourth-order valence-corrected chi connectivity index (χ4v) is 2.44. The van der Waals surface area contributed by atoms with Crippen LogP contribution in [0.25, 0.3) is 0 Å². The highest BCUT2D eigenvalue weighted by molar-refractivity contribution is 9.10. The summed E-state index contributed by atoms with van der Waals surface area (Å²) in [5, 5.41) is 10.5. The molecule has 0 fully saturated rings. The molecule has 0 heterocycles. The van der Waals surface area contributed by atoms with Crippen molar-refractivity contribution in [3.05, 3.63) is 63.4 Å². The second kappa shape index (κ2) is 6.37. The third-order valence-corrected chi connectivity index (χ3v) is 3.51. The Labute approximate surface area is 126 Å². The highest BCUT2D eigenvalue weighted by Gasteiger charge is 2.19. The summed E-state index contributed by atoms with van der Waals surface area (Å²) >= 11 is 3.29. The van der Waals surface area contributed by atoms with Crippen LogP contribution in [0.15, 0.2) is 40.9 Å². The number of hydrogen-bond donors (Lipinski definition) is 1. The molecule has 0 saturated carbocycles. The smallest absolute Gasteiger partial charge is 0.129 e. The predicted molar refractivity (Wildman–Crippen MR) is 80.5 cm³/mol. The monoisotopic (exact) mass is 338 g/mol. The van der Waals surface area contributed by atoms with E-state index in [1.165, 1.54) is 6.07 Å². The zero-order valence-electron chi connectivity index (χ0n) is 11.4. The topological polar surface area (TPSA) is 29.5 Å². The van der Waals surface area contributed by atoms with Crippen LogP contribution >= 0.6 is 15.9 Å². The zero-order valence-corrected chi connectivity index (χ0v) is 12.9. The first-order valence-corrected chi connectivity index (χ1v) is 7.18. The maximum atomic E-state index is 13.9. The van der Waals surface area contributed by atoms with Gasteiger partial charge >= 0.3 is 0 Å². The van der Waals surface area contributed by atoms with E-state index in [2.05, 4.69) is 15.9 Å². The third kappa shape index (κ3) is 3.19. The van der Waals surface area contributed by atoms with Gasteiger partial charge in [-0.25, -0.2) is 4.39 Å². The molecule has 0 spiro atoms. The molecule has 0 amide bonds. The van der Waals surface area contributed by atoms with Gasteiger partial charge in [-0.15, -0.1) is 0 Å². The Balaban J connectivity index is 2.49. The molecule has 2 aromatic rings. The van der Waals surface area contributed by atoms with Crippen molar-refractivity contribution in [1.82, 2.24) is 0 Å². The van der Waals surface area contributed by atoms with Crippen LogP contribution in [0.3, 0.4) is 0 Å². The number of aliphatic hydroxyl groups excluding tert-OH is 1. The number of benzene rings is 2. The highest BCUT2D eigenvalue weighted by atomic mass is 79.9. The van der Waals surface area contributed by atoms with E-state index in [4.69, 9.17) is 4.74 Å². The molecule has 4 heteroatoms. The molecule has 2 nitrogen and oxygen atoms in total. The molecule has 20 heavy (non-hydrogen) atoms. The predicted octanol–water partition coefficient (Wildman–Crippen LogP) is 4.38. The van der Waals surface area contributed by atoms with Crippen LogP contribution in [0.5, 0.6) is 5.75 Å². The Morgan fingerprint density at radius 3 is 2.65 bits per heavy atom. The molecule has 0 aromatic heterocycles. The van der Waals surface area contributed by atoms with E-state index in [0.717, 1.165) is 10.0 Å². The Hall–Kier alpha value is -1.39. The second-order valence-electron chi connectivity index (χ2n) is 4.54. The summed E-state index contributed by atoms with van der Waals surface area (Å²) in [6.45, 7) is 4.28. The van der Waals surface area contributed by atoms with Crippen molar-refractivity contribution in [2.75, 3.05) is 6.61 Å². The SMILES string of the molecule is CCOc1ccc(C)cc1C(O)c1cc(Br)ccc1F. The van der Waals surface area contributed by atoms with Gasteiger partial charge in [-0.1, -0.05) is 27.6 Å². The molecular formula is C16H16BrFO2. The van der Waals surface area contributed by atoms with Crippen molar-refractivity contribution in [3.63, 3.8) is 0 Å². The standard InChI is InChI=1S/C16H16BrFO2/c1-3-20-15-7-4-10(2)8-13(15)16(19)12-9-11(17)5-6-14(12)18/h4-9,16,19H,3H2,1-2H3. The molecule has 106 valence electrons. The fourth-order valence-electron chi connectivity index (χ4n) is 2.06. The highest BCUT2D eigenvalue weighted by Crippen LogP contribution is 2.33. The summed E-state index contributed by atoms with van der Waals surface area (Å²) in [6.07, 6.45) is -1.06. The van der Waals surface area contributed by atoms with Crippen molar-refractivity contribution >= 4 is 15.9 Å². The fraction of sp³-hybridized carbons (Fsp3) is 0.250. The maximum Gasteiger partial charge on any atom is 0.129 e. The Morgan fingerprint density at radius 1 is 1.20 bits per heavy atom. The van der Waals surface area contributed by atoms with E-state index >= 15 is 0 Å². The molecule has 0 aliphatic rings. The number of ether oxygens (including phenoxy) is 1. The van der Waals surface area contributed by atoms with E-state index in [0.29, 0.717) is 17.9 Å². The minimum atomic E-state index is -1.06. The molecule has 0 saturated heterocycles. The summed E-state index contributed by atoms with van der Waals surface area (Å²) < 4.78 is 20.1. The average molecular weight is 339 g/mol.